The van der Waals surface area contributed by atoms with Gasteiger partial charge in [0, 0.05) is 5.02 Å². The van der Waals surface area contributed by atoms with Crippen molar-refractivity contribution in [3.8, 4) is 5.75 Å². The molecule has 0 aromatic heterocycles. The van der Waals surface area contributed by atoms with Crippen LogP contribution in [0.15, 0.2) is 24.3 Å². The van der Waals surface area contributed by atoms with E-state index >= 15 is 0 Å². The van der Waals surface area contributed by atoms with E-state index in [1.165, 1.54) is 4.90 Å². The van der Waals surface area contributed by atoms with Crippen LogP contribution >= 0.6 is 11.6 Å². The van der Waals surface area contributed by atoms with Crippen LogP contribution in [0.25, 0.3) is 0 Å². The number of hydrogen-bond donors (Lipinski definition) is 1. The molecule has 0 saturated carbocycles. The van der Waals surface area contributed by atoms with Crippen molar-refractivity contribution in [1.82, 2.24) is 10.2 Å². The SMILES string of the molecule is CC1C(=O)NC(=O)CN1C(=O)COc1ccc(Cl)cc1. The summed E-state index contributed by atoms with van der Waals surface area (Å²) in [6, 6.07) is 5.86. The Balaban J connectivity index is 1.95. The number of rotatable bonds is 3. The second kappa shape index (κ2) is 5.92. The van der Waals surface area contributed by atoms with E-state index in [1.807, 2.05) is 0 Å². The molecule has 20 heavy (non-hydrogen) atoms. The van der Waals surface area contributed by atoms with Crippen molar-refractivity contribution in [3.63, 3.8) is 0 Å². The Morgan fingerprint density at radius 2 is 2.05 bits per heavy atom. The van der Waals surface area contributed by atoms with Crippen LogP contribution in [0.2, 0.25) is 5.02 Å². The van der Waals surface area contributed by atoms with Crippen LogP contribution in [0.3, 0.4) is 0 Å². The Bertz CT molecular complexity index is 544. The first-order chi connectivity index (χ1) is 9.47. The number of ether oxygens (including phenoxy) is 1. The third-order valence-corrected chi connectivity index (χ3v) is 3.17. The number of amides is 3. The quantitative estimate of drug-likeness (QED) is 0.829. The van der Waals surface area contributed by atoms with E-state index in [9.17, 15) is 14.4 Å². The van der Waals surface area contributed by atoms with Crippen molar-refractivity contribution >= 4 is 29.3 Å². The summed E-state index contributed by atoms with van der Waals surface area (Å²) in [5.41, 5.74) is 0. The molecule has 0 radical (unpaired) electrons. The molecule has 2 rings (SSSR count). The van der Waals surface area contributed by atoms with E-state index in [2.05, 4.69) is 5.32 Å². The van der Waals surface area contributed by atoms with Gasteiger partial charge in [0.1, 0.15) is 18.3 Å². The highest BCUT2D eigenvalue weighted by Crippen LogP contribution is 2.15. The topological polar surface area (TPSA) is 75.7 Å². The molecule has 0 bridgehead atoms. The van der Waals surface area contributed by atoms with E-state index in [0.717, 1.165) is 0 Å². The van der Waals surface area contributed by atoms with Gasteiger partial charge in [-0.3, -0.25) is 19.7 Å². The summed E-state index contributed by atoms with van der Waals surface area (Å²) in [7, 11) is 0. The van der Waals surface area contributed by atoms with Gasteiger partial charge in [0.25, 0.3) is 5.91 Å². The highest BCUT2D eigenvalue weighted by atomic mass is 35.5. The maximum Gasteiger partial charge on any atom is 0.261 e. The highest BCUT2D eigenvalue weighted by molar-refractivity contribution is 6.30. The third-order valence-electron chi connectivity index (χ3n) is 2.92. The van der Waals surface area contributed by atoms with E-state index in [0.29, 0.717) is 10.8 Å². The average Bonchev–Trinajstić information content (AvgIpc) is 2.42. The van der Waals surface area contributed by atoms with Gasteiger partial charge in [0.2, 0.25) is 11.8 Å². The van der Waals surface area contributed by atoms with Gasteiger partial charge >= 0.3 is 0 Å². The van der Waals surface area contributed by atoms with Crippen LogP contribution in [0.4, 0.5) is 0 Å². The smallest absolute Gasteiger partial charge is 0.261 e. The fraction of sp³-hybridized carbons (Fsp3) is 0.308. The molecule has 0 spiro atoms. The monoisotopic (exact) mass is 296 g/mol. The first-order valence-electron chi connectivity index (χ1n) is 5.99. The van der Waals surface area contributed by atoms with Gasteiger partial charge in [-0.05, 0) is 31.2 Å². The number of hydrogen-bond acceptors (Lipinski definition) is 4. The summed E-state index contributed by atoms with van der Waals surface area (Å²) < 4.78 is 5.30. The largest absolute Gasteiger partial charge is 0.484 e. The van der Waals surface area contributed by atoms with Gasteiger partial charge in [-0.25, -0.2) is 0 Å². The van der Waals surface area contributed by atoms with Crippen molar-refractivity contribution in [1.29, 1.82) is 0 Å². The first-order valence-corrected chi connectivity index (χ1v) is 6.36. The zero-order valence-electron chi connectivity index (χ0n) is 10.8. The van der Waals surface area contributed by atoms with Crippen molar-refractivity contribution in [3.05, 3.63) is 29.3 Å². The van der Waals surface area contributed by atoms with Crippen LogP contribution in [-0.2, 0) is 14.4 Å². The molecule has 1 aliphatic heterocycles. The zero-order valence-corrected chi connectivity index (χ0v) is 11.5. The number of carbonyl (C=O) groups is 3. The minimum absolute atomic E-state index is 0.143. The third kappa shape index (κ3) is 3.27. The van der Waals surface area contributed by atoms with Gasteiger partial charge in [0.15, 0.2) is 6.61 Å². The van der Waals surface area contributed by atoms with Crippen molar-refractivity contribution in [2.45, 2.75) is 13.0 Å². The van der Waals surface area contributed by atoms with E-state index < -0.39 is 23.8 Å². The number of carbonyl (C=O) groups excluding carboxylic acids is 3. The Hall–Kier alpha value is -2.08. The summed E-state index contributed by atoms with van der Waals surface area (Å²) in [5, 5.41) is 2.73. The lowest BCUT2D eigenvalue weighted by atomic mass is 10.2. The van der Waals surface area contributed by atoms with Gasteiger partial charge in [-0.15, -0.1) is 0 Å². The molecule has 0 aliphatic carbocycles. The fourth-order valence-corrected chi connectivity index (χ4v) is 1.90. The lowest BCUT2D eigenvalue weighted by Crippen LogP contribution is -2.59. The molecule has 7 heteroatoms. The predicted molar refractivity (Wildman–Crippen MR) is 71.3 cm³/mol. The van der Waals surface area contributed by atoms with E-state index in [1.54, 1.807) is 31.2 Å². The maximum absolute atomic E-state index is 12.0. The molecule has 1 fully saturated rings. The molecule has 1 saturated heterocycles. The lowest BCUT2D eigenvalue weighted by Gasteiger charge is -2.31. The molecule has 106 valence electrons. The van der Waals surface area contributed by atoms with Crippen LogP contribution in [0.5, 0.6) is 5.75 Å². The average molecular weight is 297 g/mol. The molecule has 1 unspecified atom stereocenters. The molecule has 1 aliphatic rings. The van der Waals surface area contributed by atoms with Crippen molar-refractivity contribution in [2.24, 2.45) is 0 Å². The Labute approximate surface area is 120 Å². The van der Waals surface area contributed by atoms with Gasteiger partial charge in [-0.1, -0.05) is 11.6 Å². The fourth-order valence-electron chi connectivity index (χ4n) is 1.78. The minimum Gasteiger partial charge on any atom is -0.484 e. The van der Waals surface area contributed by atoms with Gasteiger partial charge in [-0.2, -0.15) is 0 Å². The normalized spacial score (nSPS) is 18.7. The summed E-state index contributed by atoms with van der Waals surface area (Å²) in [5.74, 6) is -0.909. The zero-order chi connectivity index (χ0) is 14.7. The molecular formula is C13H13ClN2O4. The van der Waals surface area contributed by atoms with Crippen LogP contribution in [-0.4, -0.2) is 41.8 Å². The van der Waals surface area contributed by atoms with Gasteiger partial charge in [0.05, 0.1) is 0 Å². The van der Waals surface area contributed by atoms with Crippen LogP contribution < -0.4 is 10.1 Å². The number of imide groups is 1. The Morgan fingerprint density at radius 3 is 2.70 bits per heavy atom. The summed E-state index contributed by atoms with van der Waals surface area (Å²) >= 11 is 5.73. The summed E-state index contributed by atoms with van der Waals surface area (Å²) in [6.07, 6.45) is 0. The van der Waals surface area contributed by atoms with E-state index in [-0.39, 0.29) is 13.2 Å². The molecule has 1 heterocycles. The Morgan fingerprint density at radius 1 is 1.40 bits per heavy atom. The molecule has 1 N–H and O–H groups in total. The standard InChI is InChI=1S/C13H13ClN2O4/c1-8-13(19)15-11(17)6-16(8)12(18)7-20-10-4-2-9(14)3-5-10/h2-5,8H,6-7H2,1H3,(H,15,17,19). The lowest BCUT2D eigenvalue weighted by molar-refractivity contribution is -0.150. The maximum atomic E-state index is 12.0. The number of halogens is 1. The number of nitrogens with zero attached hydrogens (tertiary/aromatic N) is 1. The van der Waals surface area contributed by atoms with E-state index in [4.69, 9.17) is 16.3 Å². The molecule has 6 nitrogen and oxygen atoms in total. The second-order valence-corrected chi connectivity index (χ2v) is 4.79. The van der Waals surface area contributed by atoms with Crippen LogP contribution in [0.1, 0.15) is 6.92 Å². The first kappa shape index (κ1) is 14.3. The number of benzene rings is 1. The van der Waals surface area contributed by atoms with Gasteiger partial charge < -0.3 is 9.64 Å². The highest BCUT2D eigenvalue weighted by Gasteiger charge is 2.33. The molecule has 1 atom stereocenters. The Kier molecular flexibility index (Phi) is 4.24. The van der Waals surface area contributed by atoms with Crippen LogP contribution in [0, 0.1) is 0 Å². The van der Waals surface area contributed by atoms with Crippen molar-refractivity contribution in [2.75, 3.05) is 13.2 Å². The number of nitrogens with one attached hydrogen (secondary N) is 1. The molecule has 3 amide bonds. The summed E-state index contributed by atoms with van der Waals surface area (Å²) in [4.78, 5) is 35.9. The number of piperazine rings is 1. The molecule has 1 aromatic carbocycles. The predicted octanol–water partition coefficient (Wildman–Crippen LogP) is 0.592. The minimum atomic E-state index is -0.686. The summed E-state index contributed by atoms with van der Waals surface area (Å²) in [6.45, 7) is 1.17. The molecule has 1 aromatic rings. The second-order valence-electron chi connectivity index (χ2n) is 4.35. The molecular weight excluding hydrogens is 284 g/mol. The van der Waals surface area contributed by atoms with Crippen molar-refractivity contribution < 1.29 is 19.1 Å².